The summed E-state index contributed by atoms with van der Waals surface area (Å²) in [6.07, 6.45) is 2.69. The van der Waals surface area contributed by atoms with Gasteiger partial charge in [-0.3, -0.25) is 4.90 Å². The van der Waals surface area contributed by atoms with E-state index in [4.69, 9.17) is 0 Å². The molecule has 2 rings (SSSR count). The van der Waals surface area contributed by atoms with E-state index in [9.17, 15) is 0 Å². The Balaban J connectivity index is 1.88. The molecule has 1 fully saturated rings. The molecule has 0 amide bonds. The highest BCUT2D eigenvalue weighted by Gasteiger charge is 2.26. The summed E-state index contributed by atoms with van der Waals surface area (Å²) < 4.78 is 0. The number of nitrogens with one attached hydrogen (secondary N) is 1. The van der Waals surface area contributed by atoms with E-state index < -0.39 is 0 Å². The maximum absolute atomic E-state index is 4.15. The molecule has 5 heteroatoms. The summed E-state index contributed by atoms with van der Waals surface area (Å²) in [5, 5.41) is 13.4. The average Bonchev–Trinajstić information content (AvgIpc) is 2.92. The van der Waals surface area contributed by atoms with Crippen LogP contribution in [0, 0.1) is 0 Å². The molecule has 1 aliphatic rings. The maximum Gasteiger partial charge on any atom is 0.205 e. The number of rotatable bonds is 5. The molecular formula is C9H16N4S. The molecule has 1 aromatic heterocycles. The summed E-state index contributed by atoms with van der Waals surface area (Å²) in [5.74, 6) is 0. The van der Waals surface area contributed by atoms with Crippen LogP contribution in [0.25, 0.3) is 0 Å². The van der Waals surface area contributed by atoms with Crippen molar-refractivity contribution in [1.82, 2.24) is 15.1 Å². The van der Waals surface area contributed by atoms with E-state index in [0.717, 1.165) is 29.3 Å². The van der Waals surface area contributed by atoms with Gasteiger partial charge in [0.1, 0.15) is 5.01 Å². The zero-order valence-electron chi connectivity index (χ0n) is 8.66. The lowest BCUT2D eigenvalue weighted by Gasteiger charge is -2.12. The molecule has 0 bridgehead atoms. The molecule has 1 heterocycles. The number of nitrogens with zero attached hydrogens (tertiary/aromatic N) is 3. The molecule has 0 radical (unpaired) electrons. The number of hydrogen-bond acceptors (Lipinski definition) is 5. The first-order valence-corrected chi connectivity index (χ1v) is 5.87. The average molecular weight is 212 g/mol. The second-order valence-corrected chi connectivity index (χ2v) is 4.74. The number of hydrogen-bond donors (Lipinski definition) is 1. The highest BCUT2D eigenvalue weighted by molar-refractivity contribution is 7.15. The lowest BCUT2D eigenvalue weighted by Crippen LogP contribution is -2.19. The van der Waals surface area contributed by atoms with Crippen molar-refractivity contribution in [3.63, 3.8) is 0 Å². The summed E-state index contributed by atoms with van der Waals surface area (Å²) in [7, 11) is 2.16. The second-order valence-electron chi connectivity index (χ2n) is 3.68. The van der Waals surface area contributed by atoms with Gasteiger partial charge >= 0.3 is 0 Å². The van der Waals surface area contributed by atoms with Gasteiger partial charge < -0.3 is 5.32 Å². The Morgan fingerprint density at radius 1 is 1.50 bits per heavy atom. The van der Waals surface area contributed by atoms with E-state index in [-0.39, 0.29) is 0 Å². The van der Waals surface area contributed by atoms with Gasteiger partial charge in [-0.1, -0.05) is 11.3 Å². The van der Waals surface area contributed by atoms with Crippen LogP contribution in [0.5, 0.6) is 0 Å². The van der Waals surface area contributed by atoms with Gasteiger partial charge in [0.2, 0.25) is 5.13 Å². The maximum atomic E-state index is 4.15. The quantitative estimate of drug-likeness (QED) is 0.804. The third-order valence-corrected chi connectivity index (χ3v) is 3.22. The Labute approximate surface area is 88.3 Å². The predicted molar refractivity (Wildman–Crippen MR) is 58.6 cm³/mol. The first-order chi connectivity index (χ1) is 6.79. The second kappa shape index (κ2) is 4.23. The van der Waals surface area contributed by atoms with E-state index in [2.05, 4.69) is 34.4 Å². The Morgan fingerprint density at radius 3 is 2.93 bits per heavy atom. The van der Waals surface area contributed by atoms with Gasteiger partial charge in [0.25, 0.3) is 0 Å². The first-order valence-electron chi connectivity index (χ1n) is 5.06. The van der Waals surface area contributed by atoms with Crippen LogP contribution in [0.15, 0.2) is 0 Å². The summed E-state index contributed by atoms with van der Waals surface area (Å²) in [4.78, 5) is 2.36. The van der Waals surface area contributed by atoms with Crippen molar-refractivity contribution in [1.29, 1.82) is 0 Å². The topological polar surface area (TPSA) is 41.1 Å². The third kappa shape index (κ3) is 2.42. The van der Waals surface area contributed by atoms with Crippen LogP contribution in [0.4, 0.5) is 5.13 Å². The summed E-state index contributed by atoms with van der Waals surface area (Å²) in [6.45, 7) is 3.91. The Bertz CT molecular complexity index is 295. The van der Waals surface area contributed by atoms with Crippen LogP contribution in [0.1, 0.15) is 24.8 Å². The Morgan fingerprint density at radius 2 is 2.29 bits per heavy atom. The van der Waals surface area contributed by atoms with E-state index in [1.807, 2.05) is 0 Å². The fraction of sp³-hybridized carbons (Fsp3) is 0.778. The van der Waals surface area contributed by atoms with E-state index in [1.54, 1.807) is 11.3 Å². The highest BCUT2D eigenvalue weighted by atomic mass is 32.1. The molecule has 0 aromatic carbocycles. The molecule has 1 aromatic rings. The molecule has 0 saturated heterocycles. The minimum Gasteiger partial charge on any atom is -0.360 e. The zero-order valence-corrected chi connectivity index (χ0v) is 9.47. The molecular weight excluding hydrogens is 196 g/mol. The normalized spacial score (nSPS) is 16.2. The SMILES string of the molecule is CCNc1nnc(CN(C)C2CC2)s1. The molecule has 4 nitrogen and oxygen atoms in total. The van der Waals surface area contributed by atoms with Crippen molar-refractivity contribution in [3.8, 4) is 0 Å². The molecule has 0 atom stereocenters. The number of anilines is 1. The van der Waals surface area contributed by atoms with E-state index in [1.165, 1.54) is 12.8 Å². The fourth-order valence-corrected chi connectivity index (χ4v) is 2.27. The molecule has 78 valence electrons. The first kappa shape index (κ1) is 9.86. The third-order valence-electron chi connectivity index (χ3n) is 2.35. The van der Waals surface area contributed by atoms with Gasteiger partial charge in [0, 0.05) is 12.6 Å². The van der Waals surface area contributed by atoms with Crippen molar-refractivity contribution in [3.05, 3.63) is 5.01 Å². The highest BCUT2D eigenvalue weighted by Crippen LogP contribution is 2.27. The van der Waals surface area contributed by atoms with E-state index >= 15 is 0 Å². The molecule has 1 saturated carbocycles. The molecule has 1 aliphatic carbocycles. The minimum absolute atomic E-state index is 0.793. The number of aromatic nitrogens is 2. The van der Waals surface area contributed by atoms with Crippen LogP contribution in [-0.2, 0) is 6.54 Å². The monoisotopic (exact) mass is 212 g/mol. The van der Waals surface area contributed by atoms with Crippen molar-refractivity contribution in [2.24, 2.45) is 0 Å². The lowest BCUT2D eigenvalue weighted by atomic mass is 10.5. The van der Waals surface area contributed by atoms with Gasteiger partial charge in [-0.2, -0.15) is 0 Å². The molecule has 0 unspecified atom stereocenters. The molecule has 1 N–H and O–H groups in total. The van der Waals surface area contributed by atoms with Crippen LogP contribution in [0.3, 0.4) is 0 Å². The standard InChI is InChI=1S/C9H16N4S/c1-3-10-9-12-11-8(14-9)6-13(2)7-4-5-7/h7H,3-6H2,1-2H3,(H,10,12). The predicted octanol–water partition coefficient (Wildman–Crippen LogP) is 1.56. The summed E-state index contributed by atoms with van der Waals surface area (Å²) >= 11 is 1.66. The van der Waals surface area contributed by atoms with Crippen molar-refractivity contribution in [2.75, 3.05) is 18.9 Å². The van der Waals surface area contributed by atoms with Gasteiger partial charge in [0.05, 0.1) is 6.54 Å². The van der Waals surface area contributed by atoms with Gasteiger partial charge in [-0.05, 0) is 26.8 Å². The van der Waals surface area contributed by atoms with Gasteiger partial charge in [-0.15, -0.1) is 10.2 Å². The molecule has 0 aliphatic heterocycles. The van der Waals surface area contributed by atoms with Crippen LogP contribution < -0.4 is 5.32 Å². The van der Waals surface area contributed by atoms with Crippen molar-refractivity contribution < 1.29 is 0 Å². The van der Waals surface area contributed by atoms with Crippen molar-refractivity contribution in [2.45, 2.75) is 32.4 Å². The van der Waals surface area contributed by atoms with Gasteiger partial charge in [0.15, 0.2) is 0 Å². The lowest BCUT2D eigenvalue weighted by molar-refractivity contribution is 0.315. The van der Waals surface area contributed by atoms with Gasteiger partial charge in [-0.25, -0.2) is 0 Å². The van der Waals surface area contributed by atoms with Crippen LogP contribution in [0.2, 0.25) is 0 Å². The fourth-order valence-electron chi connectivity index (χ4n) is 1.40. The Hall–Kier alpha value is -0.680. The molecule has 14 heavy (non-hydrogen) atoms. The van der Waals surface area contributed by atoms with Crippen LogP contribution in [-0.4, -0.2) is 34.7 Å². The summed E-state index contributed by atoms with van der Waals surface area (Å²) in [6, 6.07) is 0.793. The minimum atomic E-state index is 0.793. The summed E-state index contributed by atoms with van der Waals surface area (Å²) in [5.41, 5.74) is 0. The van der Waals surface area contributed by atoms with Crippen molar-refractivity contribution >= 4 is 16.5 Å². The largest absolute Gasteiger partial charge is 0.360 e. The van der Waals surface area contributed by atoms with Crippen LogP contribution >= 0.6 is 11.3 Å². The van der Waals surface area contributed by atoms with E-state index in [0.29, 0.717) is 0 Å². The smallest absolute Gasteiger partial charge is 0.205 e. The Kier molecular flexibility index (Phi) is 2.98. The molecule has 0 spiro atoms. The zero-order chi connectivity index (χ0) is 9.97.